The van der Waals surface area contributed by atoms with E-state index in [-0.39, 0.29) is 6.04 Å². The first-order valence-corrected chi connectivity index (χ1v) is 5.63. The highest BCUT2D eigenvalue weighted by molar-refractivity contribution is 5.21. The van der Waals surface area contributed by atoms with Gasteiger partial charge in [-0.3, -0.25) is 4.98 Å². The topological polar surface area (TPSA) is 64.7 Å². The van der Waals surface area contributed by atoms with E-state index in [9.17, 15) is 0 Å². The van der Waals surface area contributed by atoms with Gasteiger partial charge in [0, 0.05) is 42.3 Å². The summed E-state index contributed by atoms with van der Waals surface area (Å²) in [5.74, 6) is 0.805. The van der Waals surface area contributed by atoms with Crippen molar-refractivity contribution >= 4 is 0 Å². The molecule has 4 heteroatoms. The molecule has 0 aromatic carbocycles. The van der Waals surface area contributed by atoms with Crippen LogP contribution < -0.4 is 5.73 Å². The second kappa shape index (κ2) is 5.01. The second-order valence-electron chi connectivity index (χ2n) is 4.15. The number of nitrogens with zero attached hydrogens (tertiary/aromatic N) is 3. The number of aryl methyl sites for hydroxylation is 1. The van der Waals surface area contributed by atoms with Crippen LogP contribution in [-0.4, -0.2) is 15.0 Å². The molecule has 0 bridgehead atoms. The lowest BCUT2D eigenvalue weighted by Crippen LogP contribution is -2.10. The predicted octanol–water partition coefficient (Wildman–Crippen LogP) is 1.79. The van der Waals surface area contributed by atoms with Crippen LogP contribution in [0.3, 0.4) is 0 Å². The van der Waals surface area contributed by atoms with Crippen molar-refractivity contribution in [2.75, 3.05) is 0 Å². The molecular weight excluding hydrogens is 212 g/mol. The van der Waals surface area contributed by atoms with E-state index in [0.717, 1.165) is 22.6 Å². The minimum atomic E-state index is -0.0255. The molecule has 0 aliphatic carbocycles. The van der Waals surface area contributed by atoms with E-state index in [1.165, 1.54) is 0 Å². The summed E-state index contributed by atoms with van der Waals surface area (Å²) in [5.41, 5.74) is 8.89. The molecule has 2 aromatic heterocycles. The zero-order valence-corrected chi connectivity index (χ0v) is 10.1. The summed E-state index contributed by atoms with van der Waals surface area (Å²) in [6, 6.07) is 3.91. The van der Waals surface area contributed by atoms with Gasteiger partial charge in [-0.25, -0.2) is 9.97 Å². The van der Waals surface area contributed by atoms with E-state index in [1.54, 1.807) is 6.20 Å². The van der Waals surface area contributed by atoms with Gasteiger partial charge < -0.3 is 5.73 Å². The smallest absolute Gasteiger partial charge is 0.132 e. The summed E-state index contributed by atoms with van der Waals surface area (Å²) in [5, 5.41) is 0. The van der Waals surface area contributed by atoms with Gasteiger partial charge in [0.15, 0.2) is 0 Å². The van der Waals surface area contributed by atoms with Crippen LogP contribution in [0.15, 0.2) is 30.7 Å². The minimum Gasteiger partial charge on any atom is -0.324 e. The van der Waals surface area contributed by atoms with Gasteiger partial charge in [0.05, 0.1) is 0 Å². The molecule has 0 fully saturated rings. The van der Waals surface area contributed by atoms with E-state index in [2.05, 4.69) is 15.0 Å². The van der Waals surface area contributed by atoms with E-state index >= 15 is 0 Å². The maximum atomic E-state index is 5.83. The summed E-state index contributed by atoms with van der Waals surface area (Å²) in [6.07, 6.45) is 6.11. The van der Waals surface area contributed by atoms with Crippen molar-refractivity contribution in [3.63, 3.8) is 0 Å². The van der Waals surface area contributed by atoms with Gasteiger partial charge in [-0.2, -0.15) is 0 Å². The van der Waals surface area contributed by atoms with Gasteiger partial charge in [0.25, 0.3) is 0 Å². The summed E-state index contributed by atoms with van der Waals surface area (Å²) >= 11 is 0. The molecule has 0 amide bonds. The minimum absolute atomic E-state index is 0.0255. The van der Waals surface area contributed by atoms with Crippen molar-refractivity contribution < 1.29 is 0 Å². The first kappa shape index (κ1) is 11.7. The third kappa shape index (κ3) is 2.85. The highest BCUT2D eigenvalue weighted by atomic mass is 14.9. The largest absolute Gasteiger partial charge is 0.324 e. The number of hydrogen-bond donors (Lipinski definition) is 1. The number of hydrogen-bond acceptors (Lipinski definition) is 4. The van der Waals surface area contributed by atoms with Crippen LogP contribution >= 0.6 is 0 Å². The highest BCUT2D eigenvalue weighted by Crippen LogP contribution is 2.13. The van der Waals surface area contributed by atoms with Gasteiger partial charge in [0.2, 0.25) is 0 Å². The Morgan fingerprint density at radius 1 is 1.35 bits per heavy atom. The number of rotatable bonds is 3. The predicted molar refractivity (Wildman–Crippen MR) is 66.4 cm³/mol. The average molecular weight is 228 g/mol. The third-order valence-electron chi connectivity index (χ3n) is 2.64. The van der Waals surface area contributed by atoms with Crippen LogP contribution in [0.2, 0.25) is 0 Å². The zero-order valence-electron chi connectivity index (χ0n) is 10.1. The Morgan fingerprint density at radius 3 is 2.76 bits per heavy atom. The number of pyridine rings is 1. The summed E-state index contributed by atoms with van der Waals surface area (Å²) in [6.45, 7) is 3.90. The van der Waals surface area contributed by atoms with Gasteiger partial charge in [-0.1, -0.05) is 6.07 Å². The third-order valence-corrected chi connectivity index (χ3v) is 2.64. The Morgan fingerprint density at radius 2 is 2.18 bits per heavy atom. The van der Waals surface area contributed by atoms with Crippen LogP contribution in [0, 0.1) is 6.92 Å². The van der Waals surface area contributed by atoms with Crippen LogP contribution in [0.25, 0.3) is 0 Å². The summed E-state index contributed by atoms with van der Waals surface area (Å²) < 4.78 is 0. The van der Waals surface area contributed by atoms with Crippen molar-refractivity contribution in [3.8, 4) is 0 Å². The van der Waals surface area contributed by atoms with Gasteiger partial charge >= 0.3 is 0 Å². The van der Waals surface area contributed by atoms with Crippen molar-refractivity contribution in [1.82, 2.24) is 15.0 Å². The maximum absolute atomic E-state index is 5.83. The first-order chi connectivity index (χ1) is 8.16. The number of aromatic nitrogens is 3. The van der Waals surface area contributed by atoms with Gasteiger partial charge in [-0.15, -0.1) is 0 Å². The molecule has 17 heavy (non-hydrogen) atoms. The molecule has 0 spiro atoms. The Labute approximate surface area is 101 Å². The molecule has 0 saturated carbocycles. The molecule has 0 unspecified atom stereocenters. The van der Waals surface area contributed by atoms with Crippen molar-refractivity contribution in [2.45, 2.75) is 26.3 Å². The first-order valence-electron chi connectivity index (χ1n) is 5.63. The molecular formula is C13H16N4. The summed E-state index contributed by atoms with van der Waals surface area (Å²) in [4.78, 5) is 12.9. The molecule has 2 heterocycles. The molecule has 2 rings (SSSR count). The molecule has 0 aliphatic heterocycles. The second-order valence-corrected chi connectivity index (χ2v) is 4.15. The normalized spacial score (nSPS) is 12.4. The maximum Gasteiger partial charge on any atom is 0.132 e. The van der Waals surface area contributed by atoms with E-state index in [0.29, 0.717) is 6.42 Å². The summed E-state index contributed by atoms with van der Waals surface area (Å²) in [7, 11) is 0. The fourth-order valence-corrected chi connectivity index (χ4v) is 1.74. The molecule has 2 aromatic rings. The van der Waals surface area contributed by atoms with Crippen LogP contribution in [0.5, 0.6) is 0 Å². The zero-order chi connectivity index (χ0) is 12.3. The quantitative estimate of drug-likeness (QED) is 0.869. The van der Waals surface area contributed by atoms with E-state index < -0.39 is 0 Å². The van der Waals surface area contributed by atoms with E-state index in [4.69, 9.17) is 5.73 Å². The highest BCUT2D eigenvalue weighted by Gasteiger charge is 2.07. The van der Waals surface area contributed by atoms with Crippen molar-refractivity contribution in [1.29, 1.82) is 0 Å². The Balaban J connectivity index is 2.21. The van der Waals surface area contributed by atoms with Gasteiger partial charge in [0.1, 0.15) is 5.82 Å². The Bertz CT molecular complexity index is 494. The monoisotopic (exact) mass is 228 g/mol. The Hall–Kier alpha value is -1.81. The van der Waals surface area contributed by atoms with Crippen molar-refractivity contribution in [2.24, 2.45) is 5.73 Å². The fraction of sp³-hybridized carbons (Fsp3) is 0.308. The lowest BCUT2D eigenvalue weighted by molar-refractivity contribution is 0.776. The van der Waals surface area contributed by atoms with Crippen LogP contribution in [0.4, 0.5) is 0 Å². The SMILES string of the molecule is Cc1nc(Cc2cccnc2)ncc1[C@H](C)N. The fourth-order valence-electron chi connectivity index (χ4n) is 1.74. The Kier molecular flexibility index (Phi) is 3.44. The average Bonchev–Trinajstić information content (AvgIpc) is 2.30. The molecule has 0 radical (unpaired) electrons. The molecule has 0 aliphatic rings. The molecule has 4 nitrogen and oxygen atoms in total. The molecule has 2 N–H and O–H groups in total. The van der Waals surface area contributed by atoms with Crippen LogP contribution in [0.1, 0.15) is 35.6 Å². The van der Waals surface area contributed by atoms with Crippen molar-refractivity contribution in [3.05, 3.63) is 53.4 Å². The standard InChI is InChI=1S/C13H16N4/c1-9(14)12-8-16-13(17-10(12)2)6-11-4-3-5-15-7-11/h3-5,7-9H,6,14H2,1-2H3/t9-/m0/s1. The molecule has 0 saturated heterocycles. The van der Waals surface area contributed by atoms with Crippen LogP contribution in [-0.2, 0) is 6.42 Å². The van der Waals surface area contributed by atoms with E-state index in [1.807, 2.05) is 38.4 Å². The molecule has 1 atom stereocenters. The lowest BCUT2D eigenvalue weighted by Gasteiger charge is -2.09. The lowest BCUT2D eigenvalue weighted by atomic mass is 10.1. The molecule has 88 valence electrons. The number of nitrogens with two attached hydrogens (primary N) is 1. The van der Waals surface area contributed by atoms with Gasteiger partial charge in [-0.05, 0) is 25.5 Å².